The molecular weight excluding hydrogens is 282 g/mol. The summed E-state index contributed by atoms with van der Waals surface area (Å²) < 4.78 is 5.20. The SMILES string of the molecule is O=C(O)[C@@H]1COCCN1C(=O)C[C@@H]1CCCc2ccccc21. The summed E-state index contributed by atoms with van der Waals surface area (Å²) in [6, 6.07) is 7.42. The maximum absolute atomic E-state index is 12.6. The van der Waals surface area contributed by atoms with Crippen LogP contribution in [-0.2, 0) is 20.7 Å². The lowest BCUT2D eigenvalue weighted by molar-refractivity contribution is -0.158. The molecule has 1 aromatic carbocycles. The average Bonchev–Trinajstić information content (AvgIpc) is 2.55. The predicted octanol–water partition coefficient (Wildman–Crippen LogP) is 1.81. The number of nitrogens with zero attached hydrogens (tertiary/aromatic N) is 1. The maximum atomic E-state index is 12.6. The average molecular weight is 303 g/mol. The lowest BCUT2D eigenvalue weighted by Crippen LogP contribution is -2.52. The third-order valence-electron chi connectivity index (χ3n) is 4.65. The van der Waals surface area contributed by atoms with Crippen molar-refractivity contribution in [1.29, 1.82) is 0 Å². The second kappa shape index (κ2) is 6.48. The number of ether oxygens (including phenoxy) is 1. The van der Waals surface area contributed by atoms with Gasteiger partial charge in [-0.1, -0.05) is 24.3 Å². The highest BCUT2D eigenvalue weighted by Gasteiger charge is 2.34. The zero-order valence-corrected chi connectivity index (χ0v) is 12.5. The van der Waals surface area contributed by atoms with E-state index in [1.54, 1.807) is 0 Å². The molecule has 5 nitrogen and oxygen atoms in total. The Morgan fingerprint density at radius 1 is 1.32 bits per heavy atom. The molecule has 3 rings (SSSR count). The molecule has 1 aromatic rings. The van der Waals surface area contributed by atoms with Gasteiger partial charge in [0.05, 0.1) is 13.2 Å². The number of aryl methyl sites for hydroxylation is 1. The minimum atomic E-state index is -0.989. The molecule has 5 heteroatoms. The Morgan fingerprint density at radius 2 is 2.14 bits per heavy atom. The van der Waals surface area contributed by atoms with Gasteiger partial charge < -0.3 is 14.7 Å². The largest absolute Gasteiger partial charge is 0.480 e. The summed E-state index contributed by atoms with van der Waals surface area (Å²) in [7, 11) is 0. The fourth-order valence-electron chi connectivity index (χ4n) is 3.50. The number of rotatable bonds is 3. The van der Waals surface area contributed by atoms with Crippen molar-refractivity contribution in [3.8, 4) is 0 Å². The van der Waals surface area contributed by atoms with Crippen LogP contribution in [0.5, 0.6) is 0 Å². The molecule has 1 aliphatic carbocycles. The monoisotopic (exact) mass is 303 g/mol. The van der Waals surface area contributed by atoms with Crippen molar-refractivity contribution < 1.29 is 19.4 Å². The van der Waals surface area contributed by atoms with Gasteiger partial charge >= 0.3 is 5.97 Å². The standard InChI is InChI=1S/C17H21NO4/c19-16(18-8-9-22-11-15(18)17(20)21)10-13-6-3-5-12-4-1-2-7-14(12)13/h1-2,4,7,13,15H,3,5-6,8-11H2,(H,20,21)/t13-,15-/m0/s1. The summed E-state index contributed by atoms with van der Waals surface area (Å²) in [4.78, 5) is 25.4. The fraction of sp³-hybridized carbons (Fsp3) is 0.529. The first-order chi connectivity index (χ1) is 10.7. The first-order valence-electron chi connectivity index (χ1n) is 7.84. The molecule has 1 amide bonds. The maximum Gasteiger partial charge on any atom is 0.328 e. The van der Waals surface area contributed by atoms with Crippen molar-refractivity contribution in [2.75, 3.05) is 19.8 Å². The van der Waals surface area contributed by atoms with Crippen LogP contribution in [-0.4, -0.2) is 47.7 Å². The molecule has 1 heterocycles. The molecule has 0 bridgehead atoms. The molecule has 0 radical (unpaired) electrons. The third kappa shape index (κ3) is 2.99. The Labute approximate surface area is 129 Å². The summed E-state index contributed by atoms with van der Waals surface area (Å²) in [5.74, 6) is -0.857. The molecule has 0 spiro atoms. The molecule has 0 unspecified atom stereocenters. The van der Waals surface area contributed by atoms with Gasteiger partial charge in [0, 0.05) is 13.0 Å². The third-order valence-corrected chi connectivity index (χ3v) is 4.65. The van der Waals surface area contributed by atoms with Crippen molar-refractivity contribution in [2.45, 2.75) is 37.6 Å². The Kier molecular flexibility index (Phi) is 4.43. The van der Waals surface area contributed by atoms with Crippen LogP contribution in [0.3, 0.4) is 0 Å². The van der Waals surface area contributed by atoms with E-state index in [0.29, 0.717) is 19.6 Å². The summed E-state index contributed by atoms with van der Waals surface area (Å²) in [5.41, 5.74) is 2.57. The van der Waals surface area contributed by atoms with Crippen LogP contribution in [0.25, 0.3) is 0 Å². The van der Waals surface area contributed by atoms with E-state index in [-0.39, 0.29) is 18.4 Å². The molecule has 1 N–H and O–H groups in total. The van der Waals surface area contributed by atoms with Crippen molar-refractivity contribution in [2.24, 2.45) is 0 Å². The van der Waals surface area contributed by atoms with E-state index in [1.807, 2.05) is 12.1 Å². The quantitative estimate of drug-likeness (QED) is 0.925. The van der Waals surface area contributed by atoms with Crippen LogP contribution in [0.1, 0.15) is 36.3 Å². The van der Waals surface area contributed by atoms with Gasteiger partial charge in [0.25, 0.3) is 0 Å². The zero-order valence-electron chi connectivity index (χ0n) is 12.5. The summed E-state index contributed by atoms with van der Waals surface area (Å²) in [6.07, 6.45) is 3.53. The van der Waals surface area contributed by atoms with Crippen LogP contribution in [0.2, 0.25) is 0 Å². The van der Waals surface area contributed by atoms with Gasteiger partial charge in [-0.2, -0.15) is 0 Å². The molecule has 118 valence electrons. The van der Waals surface area contributed by atoms with Crippen LogP contribution in [0, 0.1) is 0 Å². The summed E-state index contributed by atoms with van der Waals surface area (Å²) >= 11 is 0. The molecule has 0 saturated carbocycles. The van der Waals surface area contributed by atoms with Crippen LogP contribution in [0.4, 0.5) is 0 Å². The van der Waals surface area contributed by atoms with E-state index in [9.17, 15) is 14.7 Å². The molecule has 2 aliphatic rings. The normalized spacial score (nSPS) is 24.6. The molecular formula is C17H21NO4. The van der Waals surface area contributed by atoms with Crippen LogP contribution >= 0.6 is 0 Å². The predicted molar refractivity (Wildman–Crippen MR) is 80.7 cm³/mol. The van der Waals surface area contributed by atoms with E-state index in [1.165, 1.54) is 16.0 Å². The van der Waals surface area contributed by atoms with Gasteiger partial charge in [-0.25, -0.2) is 4.79 Å². The highest BCUT2D eigenvalue weighted by molar-refractivity contribution is 5.84. The van der Waals surface area contributed by atoms with E-state index < -0.39 is 12.0 Å². The van der Waals surface area contributed by atoms with Gasteiger partial charge in [0.2, 0.25) is 5.91 Å². The highest BCUT2D eigenvalue weighted by Crippen LogP contribution is 2.34. The number of amides is 1. The summed E-state index contributed by atoms with van der Waals surface area (Å²) in [6.45, 7) is 0.864. The minimum absolute atomic E-state index is 0.0718. The Hall–Kier alpha value is -1.88. The molecule has 22 heavy (non-hydrogen) atoms. The Morgan fingerprint density at radius 3 is 2.95 bits per heavy atom. The number of fused-ring (bicyclic) bond motifs is 1. The van der Waals surface area contributed by atoms with Gasteiger partial charge in [0.15, 0.2) is 6.04 Å². The number of carboxylic acids is 1. The van der Waals surface area contributed by atoms with Crippen LogP contribution in [0.15, 0.2) is 24.3 Å². The number of benzene rings is 1. The topological polar surface area (TPSA) is 66.8 Å². The number of hydrogen-bond donors (Lipinski definition) is 1. The number of aliphatic carboxylic acids is 1. The first kappa shape index (κ1) is 15.0. The van der Waals surface area contributed by atoms with Gasteiger partial charge in [0.1, 0.15) is 0 Å². The lowest BCUT2D eigenvalue weighted by Gasteiger charge is -2.34. The smallest absolute Gasteiger partial charge is 0.328 e. The summed E-state index contributed by atoms with van der Waals surface area (Å²) in [5, 5.41) is 9.25. The number of carbonyl (C=O) groups excluding carboxylic acids is 1. The lowest BCUT2D eigenvalue weighted by atomic mass is 9.81. The van der Waals surface area contributed by atoms with E-state index >= 15 is 0 Å². The van der Waals surface area contributed by atoms with Gasteiger partial charge in [-0.15, -0.1) is 0 Å². The molecule has 1 fully saturated rings. The number of carboxylic acid groups (broad SMARTS) is 1. The molecule has 0 aromatic heterocycles. The molecule has 1 aliphatic heterocycles. The van der Waals surface area contributed by atoms with Crippen molar-refractivity contribution in [3.05, 3.63) is 35.4 Å². The van der Waals surface area contributed by atoms with E-state index in [2.05, 4.69) is 12.1 Å². The Balaban J connectivity index is 1.73. The Bertz CT molecular complexity index is 572. The van der Waals surface area contributed by atoms with Gasteiger partial charge in [-0.3, -0.25) is 4.79 Å². The van der Waals surface area contributed by atoms with Gasteiger partial charge in [-0.05, 0) is 36.3 Å². The first-order valence-corrected chi connectivity index (χ1v) is 7.84. The van der Waals surface area contributed by atoms with Crippen molar-refractivity contribution >= 4 is 11.9 Å². The van der Waals surface area contributed by atoms with Crippen molar-refractivity contribution in [1.82, 2.24) is 4.90 Å². The number of morpholine rings is 1. The minimum Gasteiger partial charge on any atom is -0.480 e. The van der Waals surface area contributed by atoms with Crippen LogP contribution < -0.4 is 0 Å². The number of hydrogen-bond acceptors (Lipinski definition) is 3. The van der Waals surface area contributed by atoms with E-state index in [4.69, 9.17) is 4.74 Å². The van der Waals surface area contributed by atoms with Crippen molar-refractivity contribution in [3.63, 3.8) is 0 Å². The zero-order chi connectivity index (χ0) is 15.5. The second-order valence-electron chi connectivity index (χ2n) is 6.01. The fourth-order valence-corrected chi connectivity index (χ4v) is 3.50. The highest BCUT2D eigenvalue weighted by atomic mass is 16.5. The van der Waals surface area contributed by atoms with E-state index in [0.717, 1.165) is 19.3 Å². The second-order valence-corrected chi connectivity index (χ2v) is 6.01. The molecule has 1 saturated heterocycles. The molecule has 2 atom stereocenters. The number of carbonyl (C=O) groups is 2.